The Balaban J connectivity index is 2.80. The molecule has 152 valence electrons. The molecule has 0 fully saturated rings. The number of rotatable bonds is 9. The number of ketones is 3. The summed E-state index contributed by atoms with van der Waals surface area (Å²) in [7, 11) is 1.31. The second-order valence-corrected chi connectivity index (χ2v) is 7.18. The number of carbonyl (C=O) groups is 3. The van der Waals surface area contributed by atoms with E-state index >= 15 is 0 Å². The molecule has 28 heavy (non-hydrogen) atoms. The van der Waals surface area contributed by atoms with Gasteiger partial charge in [-0.05, 0) is 70.4 Å². The average Bonchev–Trinajstić information content (AvgIpc) is 2.60. The molecule has 0 spiro atoms. The van der Waals surface area contributed by atoms with Gasteiger partial charge in [0.15, 0.2) is 17.3 Å². The molecule has 0 aromatic heterocycles. The maximum absolute atomic E-state index is 12.1. The molecule has 6 nitrogen and oxygen atoms in total. The van der Waals surface area contributed by atoms with Crippen LogP contribution in [0.4, 0.5) is 0 Å². The number of Topliss-reactive ketones (excluding diaryl/α,β-unsaturated/α-hetero) is 1. The van der Waals surface area contributed by atoms with Gasteiger partial charge in [0.25, 0.3) is 0 Å². The minimum Gasteiger partial charge on any atom is -0.492 e. The molecular formula is C22H28O6. The van der Waals surface area contributed by atoms with Crippen molar-refractivity contribution in [3.05, 3.63) is 58.9 Å². The predicted molar refractivity (Wildman–Crippen MR) is 106 cm³/mol. The van der Waals surface area contributed by atoms with E-state index in [1.165, 1.54) is 25.3 Å². The third kappa shape index (κ3) is 6.87. The molecule has 0 aliphatic heterocycles. The Morgan fingerprint density at radius 1 is 1.21 bits per heavy atom. The van der Waals surface area contributed by atoms with E-state index < -0.39 is 17.5 Å². The van der Waals surface area contributed by atoms with E-state index in [2.05, 4.69) is 0 Å². The fraction of sp³-hybridized carbons (Fsp3) is 0.409. The molecular weight excluding hydrogens is 360 g/mol. The lowest BCUT2D eigenvalue weighted by Gasteiger charge is -2.19. The number of aliphatic hydroxyl groups excluding tert-OH is 1. The Hall–Kier alpha value is -2.57. The second-order valence-electron chi connectivity index (χ2n) is 7.18. The van der Waals surface area contributed by atoms with Crippen molar-refractivity contribution in [1.82, 2.24) is 0 Å². The van der Waals surface area contributed by atoms with Crippen LogP contribution < -0.4 is 0 Å². The fourth-order valence-corrected chi connectivity index (χ4v) is 2.58. The van der Waals surface area contributed by atoms with Gasteiger partial charge in [0.2, 0.25) is 5.78 Å². The Morgan fingerprint density at radius 3 is 2.39 bits per heavy atom. The van der Waals surface area contributed by atoms with Gasteiger partial charge < -0.3 is 14.9 Å². The fourth-order valence-electron chi connectivity index (χ4n) is 2.58. The quantitative estimate of drug-likeness (QED) is 0.358. The Morgan fingerprint density at radius 2 is 1.82 bits per heavy atom. The molecule has 6 heteroatoms. The minimum atomic E-state index is -1.27. The van der Waals surface area contributed by atoms with Gasteiger partial charge in [-0.3, -0.25) is 14.4 Å². The Kier molecular flexibility index (Phi) is 8.47. The van der Waals surface area contributed by atoms with Crippen LogP contribution in [0.2, 0.25) is 0 Å². The highest BCUT2D eigenvalue weighted by molar-refractivity contribution is 6.20. The standard InChI is InChI=1S/C22H28O6/c1-14(2)13-19(25)20(26)15(3)7-6-11-22(4,27)12-10-16-17(23)8-9-18(24)21(16)28-5/h7-10,12-13,19,25,27H,6,11H2,1-5H3/b12-10+,15-7-/t19?,22-/m0/s1. The molecule has 1 unspecified atom stereocenters. The summed E-state index contributed by atoms with van der Waals surface area (Å²) in [5, 5.41) is 20.3. The van der Waals surface area contributed by atoms with Gasteiger partial charge in [-0.2, -0.15) is 0 Å². The van der Waals surface area contributed by atoms with Crippen LogP contribution in [0.1, 0.15) is 40.5 Å². The van der Waals surface area contributed by atoms with Gasteiger partial charge in [-0.25, -0.2) is 0 Å². The van der Waals surface area contributed by atoms with E-state index in [1.807, 2.05) is 0 Å². The van der Waals surface area contributed by atoms with Crippen molar-refractivity contribution in [3.8, 4) is 0 Å². The molecule has 0 amide bonds. The summed E-state index contributed by atoms with van der Waals surface area (Å²) in [5.74, 6) is -1.23. The summed E-state index contributed by atoms with van der Waals surface area (Å²) in [5.41, 5.74) is 0.0701. The van der Waals surface area contributed by atoms with Gasteiger partial charge in [0.1, 0.15) is 6.10 Å². The van der Waals surface area contributed by atoms with Crippen LogP contribution in [0.25, 0.3) is 0 Å². The molecule has 0 aromatic rings. The lowest BCUT2D eigenvalue weighted by atomic mass is 9.94. The zero-order valence-electron chi connectivity index (χ0n) is 17.0. The van der Waals surface area contributed by atoms with E-state index in [0.717, 1.165) is 17.7 Å². The zero-order chi connectivity index (χ0) is 21.5. The number of hydrogen-bond acceptors (Lipinski definition) is 6. The lowest BCUT2D eigenvalue weighted by Crippen LogP contribution is -2.22. The van der Waals surface area contributed by atoms with Crippen molar-refractivity contribution in [2.45, 2.75) is 52.2 Å². The minimum absolute atomic E-state index is 0.0610. The summed E-state index contributed by atoms with van der Waals surface area (Å²) in [4.78, 5) is 35.8. The second kappa shape index (κ2) is 10.1. The monoisotopic (exact) mass is 388 g/mol. The molecule has 1 aliphatic carbocycles. The first-order chi connectivity index (χ1) is 13.0. The van der Waals surface area contributed by atoms with Crippen LogP contribution in [-0.4, -0.2) is 46.4 Å². The molecule has 0 aromatic carbocycles. The van der Waals surface area contributed by atoms with Gasteiger partial charge >= 0.3 is 0 Å². The lowest BCUT2D eigenvalue weighted by molar-refractivity contribution is -0.121. The Bertz CT molecular complexity index is 786. The highest BCUT2D eigenvalue weighted by Gasteiger charge is 2.23. The zero-order valence-corrected chi connectivity index (χ0v) is 17.0. The van der Waals surface area contributed by atoms with Gasteiger partial charge in [0, 0.05) is 0 Å². The van der Waals surface area contributed by atoms with Crippen LogP contribution in [0, 0.1) is 0 Å². The van der Waals surface area contributed by atoms with E-state index in [9.17, 15) is 24.6 Å². The summed E-state index contributed by atoms with van der Waals surface area (Å²) in [6, 6.07) is 0. The van der Waals surface area contributed by atoms with Gasteiger partial charge in [0.05, 0.1) is 18.3 Å². The molecule has 0 saturated heterocycles. The topological polar surface area (TPSA) is 101 Å². The number of carbonyl (C=O) groups excluding carboxylic acids is 3. The SMILES string of the molecule is COC1=C(/C=C/[C@@](C)(O)CC/C=C(/C)C(=O)C(O)C=C(C)C)C(=O)C=CC1=O. The van der Waals surface area contributed by atoms with Gasteiger partial charge in [-0.15, -0.1) is 0 Å². The molecule has 0 heterocycles. The van der Waals surface area contributed by atoms with Crippen molar-refractivity contribution in [2.24, 2.45) is 0 Å². The molecule has 1 rings (SSSR count). The molecule has 2 N–H and O–H groups in total. The van der Waals surface area contributed by atoms with Crippen molar-refractivity contribution < 1.29 is 29.3 Å². The normalized spacial score (nSPS) is 18.3. The highest BCUT2D eigenvalue weighted by atomic mass is 16.5. The van der Waals surface area contributed by atoms with Crippen molar-refractivity contribution in [1.29, 1.82) is 0 Å². The smallest absolute Gasteiger partial charge is 0.221 e. The predicted octanol–water partition coefficient (Wildman–Crippen LogP) is 2.52. The Labute approximate surface area is 165 Å². The number of methoxy groups -OCH3 is 1. The summed E-state index contributed by atoms with van der Waals surface area (Å²) >= 11 is 0. The van der Waals surface area contributed by atoms with Crippen LogP contribution >= 0.6 is 0 Å². The van der Waals surface area contributed by atoms with Crippen molar-refractivity contribution in [2.75, 3.05) is 7.11 Å². The van der Waals surface area contributed by atoms with Crippen molar-refractivity contribution in [3.63, 3.8) is 0 Å². The van der Waals surface area contributed by atoms with E-state index in [0.29, 0.717) is 12.0 Å². The first kappa shape index (κ1) is 23.5. The van der Waals surface area contributed by atoms with Crippen LogP contribution in [0.3, 0.4) is 0 Å². The van der Waals surface area contributed by atoms with Gasteiger partial charge in [-0.1, -0.05) is 17.7 Å². The van der Waals surface area contributed by atoms with E-state index in [-0.39, 0.29) is 29.3 Å². The van der Waals surface area contributed by atoms with Crippen LogP contribution in [0.5, 0.6) is 0 Å². The van der Waals surface area contributed by atoms with Crippen LogP contribution in [-0.2, 0) is 19.1 Å². The number of aliphatic hydroxyl groups is 2. The highest BCUT2D eigenvalue weighted by Crippen LogP contribution is 2.21. The molecule has 1 aliphatic rings. The maximum atomic E-state index is 12.1. The third-order valence-electron chi connectivity index (χ3n) is 4.18. The molecule has 0 bridgehead atoms. The van der Waals surface area contributed by atoms with Crippen LogP contribution in [0.15, 0.2) is 58.9 Å². The summed E-state index contributed by atoms with van der Waals surface area (Å²) in [6.07, 6.45) is 7.74. The van der Waals surface area contributed by atoms with E-state index in [4.69, 9.17) is 4.74 Å². The number of hydrogen-bond donors (Lipinski definition) is 2. The molecule has 0 saturated carbocycles. The first-order valence-corrected chi connectivity index (χ1v) is 8.99. The average molecular weight is 388 g/mol. The largest absolute Gasteiger partial charge is 0.492 e. The number of ether oxygens (including phenoxy) is 1. The number of allylic oxidation sites excluding steroid dienone is 6. The third-order valence-corrected chi connectivity index (χ3v) is 4.18. The first-order valence-electron chi connectivity index (χ1n) is 8.99. The summed E-state index contributed by atoms with van der Waals surface area (Å²) in [6.45, 7) is 6.77. The van der Waals surface area contributed by atoms with Crippen molar-refractivity contribution >= 4 is 17.3 Å². The maximum Gasteiger partial charge on any atom is 0.221 e. The molecule has 0 radical (unpaired) electrons. The summed E-state index contributed by atoms with van der Waals surface area (Å²) < 4.78 is 4.99. The van der Waals surface area contributed by atoms with E-state index in [1.54, 1.807) is 33.8 Å². The molecule has 2 atom stereocenters.